The fourth-order valence-corrected chi connectivity index (χ4v) is 1.30. The Bertz CT molecular complexity index is 288. The quantitative estimate of drug-likeness (QED) is 0.555. The minimum atomic E-state index is -0.479. The van der Waals surface area contributed by atoms with E-state index in [0.29, 0.717) is 13.0 Å². The lowest BCUT2D eigenvalue weighted by Gasteiger charge is -2.12. The lowest BCUT2D eigenvalue weighted by atomic mass is 10.2. The molecule has 0 aromatic rings. The summed E-state index contributed by atoms with van der Waals surface area (Å²) in [5.41, 5.74) is 0. The zero-order valence-electron chi connectivity index (χ0n) is 8.87. The highest BCUT2D eigenvalue weighted by Crippen LogP contribution is 2.00. The summed E-state index contributed by atoms with van der Waals surface area (Å²) in [5.74, 6) is -0.582. The van der Waals surface area contributed by atoms with Crippen LogP contribution in [0.5, 0.6) is 0 Å². The van der Waals surface area contributed by atoms with Crippen molar-refractivity contribution in [1.29, 1.82) is 0 Å². The van der Waals surface area contributed by atoms with Crippen molar-refractivity contribution in [3.63, 3.8) is 0 Å². The molecule has 84 valence electrons. The van der Waals surface area contributed by atoms with Crippen LogP contribution in [0.15, 0.2) is 0 Å². The molecule has 1 aliphatic rings. The van der Waals surface area contributed by atoms with E-state index in [1.54, 1.807) is 14.1 Å². The van der Waals surface area contributed by atoms with Crippen molar-refractivity contribution in [3.05, 3.63) is 0 Å². The van der Waals surface area contributed by atoms with Crippen LogP contribution in [-0.2, 0) is 14.4 Å². The van der Waals surface area contributed by atoms with Gasteiger partial charge < -0.3 is 10.2 Å². The average molecular weight is 213 g/mol. The van der Waals surface area contributed by atoms with E-state index in [2.05, 4.69) is 10.6 Å². The Morgan fingerprint density at radius 3 is 2.67 bits per heavy atom. The van der Waals surface area contributed by atoms with Gasteiger partial charge in [-0.3, -0.25) is 19.7 Å². The van der Waals surface area contributed by atoms with Gasteiger partial charge in [-0.15, -0.1) is 0 Å². The van der Waals surface area contributed by atoms with Gasteiger partial charge in [-0.1, -0.05) is 0 Å². The number of nitrogens with one attached hydrogen (secondary N) is 2. The lowest BCUT2D eigenvalue weighted by molar-refractivity contribution is -0.129. The number of hydrogen-bond acceptors (Lipinski definition) is 4. The van der Waals surface area contributed by atoms with Crippen molar-refractivity contribution >= 4 is 17.7 Å². The van der Waals surface area contributed by atoms with Crippen LogP contribution in [0.2, 0.25) is 0 Å². The third kappa shape index (κ3) is 3.32. The highest BCUT2D eigenvalue weighted by Gasteiger charge is 2.29. The Hall–Kier alpha value is -1.43. The number of amides is 3. The standard InChI is InChI=1S/C9H15N3O3/c1-12(2)8(14)3-4-10-6-5-7(13)11-9(6)15/h6,10H,3-5H2,1-2H3,(H,11,13,15). The molecule has 0 spiro atoms. The Kier molecular flexibility index (Phi) is 3.79. The van der Waals surface area contributed by atoms with Crippen LogP contribution in [0.4, 0.5) is 0 Å². The highest BCUT2D eigenvalue weighted by molar-refractivity contribution is 6.05. The Labute approximate surface area is 88.0 Å². The molecule has 1 saturated heterocycles. The number of rotatable bonds is 4. The van der Waals surface area contributed by atoms with Gasteiger partial charge >= 0.3 is 0 Å². The third-order valence-corrected chi connectivity index (χ3v) is 2.20. The van der Waals surface area contributed by atoms with Crippen molar-refractivity contribution in [2.75, 3.05) is 20.6 Å². The molecule has 15 heavy (non-hydrogen) atoms. The Balaban J connectivity index is 2.24. The van der Waals surface area contributed by atoms with Crippen LogP contribution in [0.1, 0.15) is 12.8 Å². The van der Waals surface area contributed by atoms with E-state index in [0.717, 1.165) is 0 Å². The molecule has 1 atom stereocenters. The van der Waals surface area contributed by atoms with E-state index >= 15 is 0 Å². The van der Waals surface area contributed by atoms with Crippen LogP contribution in [0.25, 0.3) is 0 Å². The zero-order valence-corrected chi connectivity index (χ0v) is 8.87. The first kappa shape index (κ1) is 11.6. The van der Waals surface area contributed by atoms with Gasteiger partial charge in [-0.25, -0.2) is 0 Å². The fraction of sp³-hybridized carbons (Fsp3) is 0.667. The van der Waals surface area contributed by atoms with Crippen LogP contribution in [-0.4, -0.2) is 49.3 Å². The minimum Gasteiger partial charge on any atom is -0.349 e. The smallest absolute Gasteiger partial charge is 0.244 e. The first-order valence-electron chi connectivity index (χ1n) is 4.78. The maximum atomic E-state index is 11.2. The van der Waals surface area contributed by atoms with Crippen molar-refractivity contribution in [2.24, 2.45) is 0 Å². The number of carbonyl (C=O) groups excluding carboxylic acids is 3. The molecule has 1 heterocycles. The second kappa shape index (κ2) is 4.88. The van der Waals surface area contributed by atoms with Crippen LogP contribution >= 0.6 is 0 Å². The van der Waals surface area contributed by atoms with Gasteiger partial charge in [0.1, 0.15) is 0 Å². The normalized spacial score (nSPS) is 20.3. The number of carbonyl (C=O) groups is 3. The van der Waals surface area contributed by atoms with Crippen molar-refractivity contribution in [2.45, 2.75) is 18.9 Å². The average Bonchev–Trinajstić information content (AvgIpc) is 2.45. The molecule has 6 nitrogen and oxygen atoms in total. The second-order valence-electron chi connectivity index (χ2n) is 3.66. The van der Waals surface area contributed by atoms with E-state index in [9.17, 15) is 14.4 Å². The SMILES string of the molecule is CN(C)C(=O)CCNC1CC(=O)NC1=O. The number of hydrogen-bond donors (Lipinski definition) is 2. The molecular weight excluding hydrogens is 198 g/mol. The maximum absolute atomic E-state index is 11.2. The summed E-state index contributed by atoms with van der Waals surface area (Å²) < 4.78 is 0. The molecule has 0 bridgehead atoms. The predicted molar refractivity (Wildman–Crippen MR) is 52.9 cm³/mol. The van der Waals surface area contributed by atoms with Crippen molar-refractivity contribution in [3.8, 4) is 0 Å². The molecule has 0 radical (unpaired) electrons. The van der Waals surface area contributed by atoms with Gasteiger partial charge in [0.05, 0.1) is 12.5 Å². The lowest BCUT2D eigenvalue weighted by Crippen LogP contribution is -2.38. The van der Waals surface area contributed by atoms with Crippen LogP contribution < -0.4 is 10.6 Å². The molecule has 0 aliphatic carbocycles. The van der Waals surface area contributed by atoms with Gasteiger partial charge in [0.2, 0.25) is 17.7 Å². The molecule has 3 amide bonds. The Morgan fingerprint density at radius 2 is 2.20 bits per heavy atom. The van der Waals surface area contributed by atoms with E-state index in [-0.39, 0.29) is 24.1 Å². The third-order valence-electron chi connectivity index (χ3n) is 2.20. The monoisotopic (exact) mass is 213 g/mol. The van der Waals surface area contributed by atoms with E-state index < -0.39 is 6.04 Å². The van der Waals surface area contributed by atoms with Gasteiger partial charge in [0.25, 0.3) is 0 Å². The molecule has 0 aromatic heterocycles. The molecule has 0 aromatic carbocycles. The van der Waals surface area contributed by atoms with Crippen LogP contribution in [0, 0.1) is 0 Å². The number of nitrogens with zero attached hydrogens (tertiary/aromatic N) is 1. The highest BCUT2D eigenvalue weighted by atomic mass is 16.2. The zero-order chi connectivity index (χ0) is 11.4. The molecular formula is C9H15N3O3. The van der Waals surface area contributed by atoms with Crippen molar-refractivity contribution < 1.29 is 14.4 Å². The summed E-state index contributed by atoms with van der Waals surface area (Å²) in [5, 5.41) is 5.06. The summed E-state index contributed by atoms with van der Waals surface area (Å²) in [6, 6.07) is -0.479. The predicted octanol–water partition coefficient (Wildman–Crippen LogP) is -1.53. The first-order valence-corrected chi connectivity index (χ1v) is 4.78. The van der Waals surface area contributed by atoms with Gasteiger partial charge in [0, 0.05) is 27.1 Å². The van der Waals surface area contributed by atoms with Crippen LogP contribution in [0.3, 0.4) is 0 Å². The summed E-state index contributed by atoms with van der Waals surface area (Å²) in [4.78, 5) is 34.6. The molecule has 1 unspecified atom stereocenters. The van der Waals surface area contributed by atoms with E-state index in [4.69, 9.17) is 0 Å². The van der Waals surface area contributed by atoms with E-state index in [1.165, 1.54) is 4.90 Å². The Morgan fingerprint density at radius 1 is 1.53 bits per heavy atom. The molecule has 1 fully saturated rings. The first-order chi connectivity index (χ1) is 7.00. The minimum absolute atomic E-state index is 0.00719. The van der Waals surface area contributed by atoms with E-state index in [1.807, 2.05) is 0 Å². The summed E-state index contributed by atoms with van der Waals surface area (Å²) in [6.45, 7) is 0.405. The molecule has 2 N–H and O–H groups in total. The fourth-order valence-electron chi connectivity index (χ4n) is 1.30. The van der Waals surface area contributed by atoms with Crippen molar-refractivity contribution in [1.82, 2.24) is 15.5 Å². The topological polar surface area (TPSA) is 78.5 Å². The number of imide groups is 1. The molecule has 6 heteroatoms. The summed E-state index contributed by atoms with van der Waals surface area (Å²) in [6.07, 6.45) is 0.486. The van der Waals surface area contributed by atoms with Gasteiger partial charge in [-0.2, -0.15) is 0 Å². The maximum Gasteiger partial charge on any atom is 0.244 e. The largest absolute Gasteiger partial charge is 0.349 e. The summed E-state index contributed by atoms with van der Waals surface area (Å²) in [7, 11) is 3.35. The van der Waals surface area contributed by atoms with Gasteiger partial charge in [-0.05, 0) is 0 Å². The van der Waals surface area contributed by atoms with Gasteiger partial charge in [0.15, 0.2) is 0 Å². The second-order valence-corrected chi connectivity index (χ2v) is 3.66. The molecule has 1 rings (SSSR count). The molecule has 0 saturated carbocycles. The summed E-state index contributed by atoms with van der Waals surface area (Å²) >= 11 is 0. The molecule has 1 aliphatic heterocycles.